The number of halogens is 1. The first kappa shape index (κ1) is 27.8. The predicted molar refractivity (Wildman–Crippen MR) is 160 cm³/mol. The molecule has 214 valence electrons. The molecule has 6 nitrogen and oxygen atoms in total. The van der Waals surface area contributed by atoms with Gasteiger partial charge in [-0.3, -0.25) is 4.79 Å². The van der Waals surface area contributed by atoms with Gasteiger partial charge in [0.05, 0.1) is 18.4 Å². The number of carbonyl (C=O) groups is 1. The van der Waals surface area contributed by atoms with E-state index < -0.39 is 22.6 Å². The Morgan fingerprint density at radius 1 is 1.18 bits per heavy atom. The normalized spacial score (nSPS) is 32.8. The van der Waals surface area contributed by atoms with Gasteiger partial charge < -0.3 is 23.3 Å². The predicted octanol–water partition coefficient (Wildman–Crippen LogP) is 6.47. The zero-order valence-electron chi connectivity index (χ0n) is 23.2. The van der Waals surface area contributed by atoms with Crippen LogP contribution in [0.3, 0.4) is 0 Å². The van der Waals surface area contributed by atoms with Crippen LogP contribution in [0, 0.1) is 17.8 Å². The van der Waals surface area contributed by atoms with Gasteiger partial charge in [0.1, 0.15) is 5.75 Å². The van der Waals surface area contributed by atoms with E-state index in [1.807, 2.05) is 44.2 Å². The Bertz CT molecular complexity index is 1420. The average molecular weight is 582 g/mol. The van der Waals surface area contributed by atoms with Gasteiger partial charge in [0, 0.05) is 29.1 Å². The van der Waals surface area contributed by atoms with Crippen LogP contribution in [0.1, 0.15) is 67.4 Å². The number of benzene rings is 2. The van der Waals surface area contributed by atoms with E-state index in [1.165, 1.54) is 11.1 Å². The average Bonchev–Trinajstić information content (AvgIpc) is 3.07. The fraction of sp³-hybridized carbons (Fsp3) is 0.531. The van der Waals surface area contributed by atoms with Gasteiger partial charge in [0.2, 0.25) is 0 Å². The molecule has 2 aromatic carbocycles. The molecular formula is C32H38ClN2O4S-. The molecule has 1 amide bonds. The Morgan fingerprint density at radius 2 is 2.02 bits per heavy atom. The summed E-state index contributed by atoms with van der Waals surface area (Å²) in [6, 6.07) is 11.7. The van der Waals surface area contributed by atoms with Crippen LogP contribution < -0.4 is 9.64 Å². The molecule has 2 aliphatic carbocycles. The van der Waals surface area contributed by atoms with Crippen LogP contribution in [0.2, 0.25) is 5.02 Å². The number of aliphatic hydroxyl groups is 1. The number of fused-ring (bicyclic) bond motifs is 4. The van der Waals surface area contributed by atoms with Gasteiger partial charge in [0.25, 0.3) is 5.91 Å². The molecule has 2 aromatic rings. The third kappa shape index (κ3) is 5.21. The second kappa shape index (κ2) is 11.1. The van der Waals surface area contributed by atoms with Crippen LogP contribution in [0.5, 0.6) is 5.75 Å². The van der Waals surface area contributed by atoms with Crippen molar-refractivity contribution in [3.8, 4) is 5.75 Å². The number of ether oxygens (including phenoxy) is 1. The van der Waals surface area contributed by atoms with Crippen molar-refractivity contribution >= 4 is 33.8 Å². The van der Waals surface area contributed by atoms with Crippen LogP contribution in [0.4, 0.5) is 5.69 Å². The van der Waals surface area contributed by atoms with Gasteiger partial charge in [-0.25, -0.2) is 0 Å². The summed E-state index contributed by atoms with van der Waals surface area (Å²) in [5, 5.41) is 11.6. The highest BCUT2D eigenvalue weighted by Gasteiger charge is 2.44. The zero-order valence-corrected chi connectivity index (χ0v) is 24.8. The van der Waals surface area contributed by atoms with E-state index in [0.717, 1.165) is 61.7 Å². The number of nitrogens with zero attached hydrogens (tertiary/aromatic N) is 2. The van der Waals surface area contributed by atoms with E-state index in [2.05, 4.69) is 21.4 Å². The molecule has 40 heavy (non-hydrogen) atoms. The van der Waals surface area contributed by atoms with Crippen LogP contribution in [0.25, 0.3) is 0 Å². The van der Waals surface area contributed by atoms with Crippen molar-refractivity contribution in [2.45, 2.75) is 69.1 Å². The number of amides is 1. The topological polar surface area (TPSA) is 79.2 Å². The number of anilines is 1. The summed E-state index contributed by atoms with van der Waals surface area (Å²) in [5.74, 6) is 0.862. The van der Waals surface area contributed by atoms with Crippen molar-refractivity contribution in [1.29, 1.82) is 0 Å². The lowest BCUT2D eigenvalue weighted by Crippen LogP contribution is -2.49. The number of aliphatic hydroxyl groups excluding tert-OH is 1. The third-order valence-electron chi connectivity index (χ3n) is 9.79. The summed E-state index contributed by atoms with van der Waals surface area (Å²) in [6.07, 6.45) is 9.20. The first-order chi connectivity index (χ1) is 19.2. The van der Waals surface area contributed by atoms with Crippen molar-refractivity contribution in [3.63, 3.8) is 0 Å². The molecule has 4 aliphatic rings. The molecule has 6 rings (SSSR count). The van der Waals surface area contributed by atoms with Crippen LogP contribution in [-0.4, -0.2) is 42.1 Å². The number of allylic oxidation sites excluding steroid dienone is 1. The maximum absolute atomic E-state index is 13.2. The lowest BCUT2D eigenvalue weighted by atomic mass is 9.68. The smallest absolute Gasteiger partial charge is 0.254 e. The Kier molecular flexibility index (Phi) is 7.75. The number of aryl methyl sites for hydroxylation is 1. The third-order valence-corrected chi connectivity index (χ3v) is 11.5. The first-order valence-corrected chi connectivity index (χ1v) is 16.1. The Labute approximate surface area is 244 Å². The van der Waals surface area contributed by atoms with Crippen LogP contribution >= 0.6 is 11.6 Å². The minimum absolute atomic E-state index is 0.0614. The summed E-state index contributed by atoms with van der Waals surface area (Å²) in [6.45, 7) is 5.94. The molecule has 6 atom stereocenters. The molecule has 1 N–H and O–H groups in total. The van der Waals surface area contributed by atoms with Crippen molar-refractivity contribution in [3.05, 3.63) is 70.3 Å². The SMILES string of the molecule is CC1CC=CC(O)C2CCC2CN2CC3(CCCc4cc(Cl)ccc43)COc3ccc(cc32)C(=O)N=[S-](=O)C1C. The van der Waals surface area contributed by atoms with Gasteiger partial charge in [-0.1, -0.05) is 54.8 Å². The number of carbonyl (C=O) groups excluding carboxylic acids is 1. The summed E-state index contributed by atoms with van der Waals surface area (Å²) in [4.78, 5) is 15.6. The quantitative estimate of drug-likeness (QED) is 0.285. The van der Waals surface area contributed by atoms with Gasteiger partial charge in [0.15, 0.2) is 0 Å². The van der Waals surface area contributed by atoms with E-state index >= 15 is 0 Å². The first-order valence-electron chi connectivity index (χ1n) is 14.6. The highest BCUT2D eigenvalue weighted by atomic mass is 35.5. The number of rotatable bonds is 0. The fourth-order valence-corrected chi connectivity index (χ4v) is 8.12. The lowest BCUT2D eigenvalue weighted by Gasteiger charge is -2.45. The standard InChI is InChI=1S/C32H38ClN2O4S/c1-20-5-3-7-29(36)26-11-8-24(26)17-35-18-32(14-4-6-22-15-25(33)10-12-27(22)32)19-39-30-13-9-23(16-28(30)35)31(37)34-40(38)21(20)2/h3,7,9-10,12-13,15-16,20-21,24,26,29,36H,4-6,8,11,14,17-19H2,1-2H3/q-1. The molecule has 6 unspecified atom stereocenters. The van der Waals surface area contributed by atoms with E-state index in [9.17, 15) is 14.1 Å². The molecule has 2 bridgehead atoms. The van der Waals surface area contributed by atoms with Crippen LogP contribution in [0.15, 0.2) is 52.9 Å². The lowest BCUT2D eigenvalue weighted by molar-refractivity contribution is 0.0456. The minimum Gasteiger partial charge on any atom is -0.490 e. The summed E-state index contributed by atoms with van der Waals surface area (Å²) in [5.41, 5.74) is 3.65. The molecular weight excluding hydrogens is 544 g/mol. The van der Waals surface area contributed by atoms with E-state index in [-0.39, 0.29) is 22.5 Å². The summed E-state index contributed by atoms with van der Waals surface area (Å²) in [7, 11) is -1.66. The molecule has 1 saturated carbocycles. The zero-order chi connectivity index (χ0) is 28.0. The Balaban J connectivity index is 1.43. The summed E-state index contributed by atoms with van der Waals surface area (Å²) >= 11 is 6.39. The maximum atomic E-state index is 13.2. The highest BCUT2D eigenvalue weighted by Crippen LogP contribution is 2.46. The molecule has 0 saturated heterocycles. The van der Waals surface area contributed by atoms with Crippen molar-refractivity contribution in [2.75, 3.05) is 24.6 Å². The van der Waals surface area contributed by atoms with E-state index in [1.54, 1.807) is 6.07 Å². The van der Waals surface area contributed by atoms with E-state index in [4.69, 9.17) is 16.3 Å². The van der Waals surface area contributed by atoms with E-state index in [0.29, 0.717) is 24.5 Å². The second-order valence-electron chi connectivity index (χ2n) is 12.3. The monoisotopic (exact) mass is 581 g/mol. The molecule has 2 aliphatic heterocycles. The minimum atomic E-state index is -1.66. The van der Waals surface area contributed by atoms with Crippen LogP contribution in [-0.2, 0) is 26.6 Å². The number of hydrogen-bond donors (Lipinski definition) is 1. The van der Waals surface area contributed by atoms with Gasteiger partial charge in [-0.2, -0.15) is 10.6 Å². The highest BCUT2D eigenvalue weighted by molar-refractivity contribution is 7.75. The molecule has 2 heterocycles. The van der Waals surface area contributed by atoms with Crippen molar-refractivity contribution in [1.82, 2.24) is 0 Å². The van der Waals surface area contributed by atoms with Gasteiger partial charge >= 0.3 is 0 Å². The van der Waals surface area contributed by atoms with Crippen molar-refractivity contribution < 1.29 is 18.8 Å². The molecule has 0 radical (unpaired) electrons. The van der Waals surface area contributed by atoms with Crippen molar-refractivity contribution in [2.24, 2.45) is 22.1 Å². The number of hydrogen-bond acceptors (Lipinski definition) is 6. The van der Waals surface area contributed by atoms with Gasteiger partial charge in [-0.05, 0) is 91.8 Å². The Hall–Kier alpha value is -2.35. The van der Waals surface area contributed by atoms with Gasteiger partial charge in [-0.15, -0.1) is 0 Å². The fourth-order valence-electron chi connectivity index (χ4n) is 6.98. The Morgan fingerprint density at radius 3 is 2.83 bits per heavy atom. The molecule has 1 spiro atoms. The molecule has 0 aromatic heterocycles. The molecule has 1 fully saturated rings. The second-order valence-corrected chi connectivity index (χ2v) is 14.2. The maximum Gasteiger partial charge on any atom is 0.254 e. The largest absolute Gasteiger partial charge is 0.490 e. The molecule has 8 heteroatoms. The summed E-state index contributed by atoms with van der Waals surface area (Å²) < 4.78 is 23.6.